The summed E-state index contributed by atoms with van der Waals surface area (Å²) in [4.78, 5) is -0.00760. The summed E-state index contributed by atoms with van der Waals surface area (Å²) in [7, 11) is -3.63. The summed E-state index contributed by atoms with van der Waals surface area (Å²) in [5, 5.41) is 0. The predicted molar refractivity (Wildman–Crippen MR) is 69.1 cm³/mol. The van der Waals surface area contributed by atoms with Crippen LogP contribution in [0.4, 0.5) is 4.39 Å². The zero-order valence-corrected chi connectivity index (χ0v) is 12.1. The molecule has 0 amide bonds. The van der Waals surface area contributed by atoms with Crippen molar-refractivity contribution >= 4 is 26.0 Å². The van der Waals surface area contributed by atoms with Gasteiger partial charge in [0.25, 0.3) is 0 Å². The SMILES string of the molecule is CC(C)C(Br)CNS(=O)(=O)c1cccc(F)c1. The van der Waals surface area contributed by atoms with Crippen LogP contribution in [0.5, 0.6) is 0 Å². The van der Waals surface area contributed by atoms with E-state index < -0.39 is 15.8 Å². The van der Waals surface area contributed by atoms with Crippen LogP contribution in [0.2, 0.25) is 0 Å². The van der Waals surface area contributed by atoms with E-state index in [0.29, 0.717) is 5.92 Å². The lowest BCUT2D eigenvalue weighted by atomic mass is 10.1. The van der Waals surface area contributed by atoms with Crippen LogP contribution in [0, 0.1) is 11.7 Å². The normalized spacial score (nSPS) is 13.9. The fraction of sp³-hybridized carbons (Fsp3) is 0.455. The van der Waals surface area contributed by atoms with E-state index in [4.69, 9.17) is 0 Å². The van der Waals surface area contributed by atoms with E-state index in [1.54, 1.807) is 0 Å². The van der Waals surface area contributed by atoms with E-state index in [9.17, 15) is 12.8 Å². The number of halogens is 2. The van der Waals surface area contributed by atoms with E-state index in [1.165, 1.54) is 18.2 Å². The van der Waals surface area contributed by atoms with Crippen LogP contribution in [-0.4, -0.2) is 19.8 Å². The molecule has 1 unspecified atom stereocenters. The van der Waals surface area contributed by atoms with Crippen LogP contribution in [0.15, 0.2) is 29.2 Å². The van der Waals surface area contributed by atoms with Gasteiger partial charge in [-0.25, -0.2) is 17.5 Å². The highest BCUT2D eigenvalue weighted by molar-refractivity contribution is 9.09. The van der Waals surface area contributed by atoms with Crippen LogP contribution in [0.3, 0.4) is 0 Å². The van der Waals surface area contributed by atoms with E-state index >= 15 is 0 Å². The quantitative estimate of drug-likeness (QED) is 0.846. The highest BCUT2D eigenvalue weighted by Gasteiger charge is 2.17. The van der Waals surface area contributed by atoms with Crippen LogP contribution >= 0.6 is 15.9 Å². The van der Waals surface area contributed by atoms with Gasteiger partial charge >= 0.3 is 0 Å². The molecular weight excluding hydrogens is 309 g/mol. The molecule has 17 heavy (non-hydrogen) atoms. The number of nitrogens with one attached hydrogen (secondary N) is 1. The molecular formula is C11H15BrFNO2S. The summed E-state index contributed by atoms with van der Waals surface area (Å²) in [5.41, 5.74) is 0. The Hall–Kier alpha value is -0.460. The van der Waals surface area contributed by atoms with Gasteiger partial charge in [-0.05, 0) is 24.1 Å². The van der Waals surface area contributed by atoms with Crippen LogP contribution in [-0.2, 0) is 10.0 Å². The Morgan fingerprint density at radius 3 is 2.59 bits per heavy atom. The summed E-state index contributed by atoms with van der Waals surface area (Å²) in [6.07, 6.45) is 0. The van der Waals surface area contributed by atoms with E-state index in [-0.39, 0.29) is 16.3 Å². The average molecular weight is 324 g/mol. The van der Waals surface area contributed by atoms with Gasteiger partial charge in [-0.1, -0.05) is 35.8 Å². The second-order valence-corrected chi connectivity index (χ2v) is 7.01. The third-order valence-electron chi connectivity index (χ3n) is 2.30. The molecule has 3 nitrogen and oxygen atoms in total. The molecule has 0 fully saturated rings. The topological polar surface area (TPSA) is 46.2 Å². The van der Waals surface area contributed by atoms with Crippen molar-refractivity contribution in [1.29, 1.82) is 0 Å². The van der Waals surface area contributed by atoms with Crippen LogP contribution in [0.25, 0.3) is 0 Å². The minimum atomic E-state index is -3.63. The van der Waals surface area contributed by atoms with Crippen molar-refractivity contribution in [2.75, 3.05) is 6.54 Å². The van der Waals surface area contributed by atoms with E-state index in [0.717, 1.165) is 6.07 Å². The summed E-state index contributed by atoms with van der Waals surface area (Å²) in [6.45, 7) is 4.24. The zero-order chi connectivity index (χ0) is 13.1. The minimum Gasteiger partial charge on any atom is -0.210 e. The van der Waals surface area contributed by atoms with Gasteiger partial charge in [-0.3, -0.25) is 0 Å². The molecule has 1 atom stereocenters. The summed E-state index contributed by atoms with van der Waals surface area (Å²) in [6, 6.07) is 4.95. The van der Waals surface area contributed by atoms with Crippen molar-refractivity contribution in [3.05, 3.63) is 30.1 Å². The smallest absolute Gasteiger partial charge is 0.210 e. The highest BCUT2D eigenvalue weighted by Crippen LogP contribution is 2.13. The van der Waals surface area contributed by atoms with Gasteiger partial charge in [-0.15, -0.1) is 0 Å². The number of rotatable bonds is 5. The highest BCUT2D eigenvalue weighted by atomic mass is 79.9. The van der Waals surface area contributed by atoms with Gasteiger partial charge in [-0.2, -0.15) is 0 Å². The van der Waals surface area contributed by atoms with Crippen LogP contribution in [0.1, 0.15) is 13.8 Å². The van der Waals surface area contributed by atoms with Gasteiger partial charge in [0.2, 0.25) is 10.0 Å². The van der Waals surface area contributed by atoms with Gasteiger partial charge in [0, 0.05) is 11.4 Å². The average Bonchev–Trinajstić information content (AvgIpc) is 2.26. The maximum absolute atomic E-state index is 12.9. The Bertz CT molecular complexity index is 476. The van der Waals surface area contributed by atoms with E-state index in [1.807, 2.05) is 13.8 Å². The standard InChI is InChI=1S/C11H15BrFNO2S/c1-8(2)11(12)7-14-17(15,16)10-5-3-4-9(13)6-10/h3-6,8,11,14H,7H2,1-2H3. The molecule has 0 heterocycles. The lowest BCUT2D eigenvalue weighted by molar-refractivity contribution is 0.560. The monoisotopic (exact) mass is 323 g/mol. The Morgan fingerprint density at radius 2 is 2.06 bits per heavy atom. The molecule has 0 aliphatic carbocycles. The molecule has 0 saturated carbocycles. The first kappa shape index (κ1) is 14.6. The molecule has 0 aliphatic rings. The molecule has 0 radical (unpaired) electrons. The summed E-state index contributed by atoms with van der Waals surface area (Å²) < 4.78 is 39.0. The molecule has 96 valence electrons. The Kier molecular flexibility index (Phi) is 5.09. The van der Waals surface area contributed by atoms with E-state index in [2.05, 4.69) is 20.7 Å². The minimum absolute atomic E-state index is 0.0471. The first-order chi connectivity index (χ1) is 7.83. The fourth-order valence-corrected chi connectivity index (χ4v) is 2.61. The first-order valence-corrected chi connectivity index (χ1v) is 7.62. The molecule has 1 aromatic carbocycles. The lowest BCUT2D eigenvalue weighted by Gasteiger charge is -2.14. The summed E-state index contributed by atoms with van der Waals surface area (Å²) in [5.74, 6) is -0.252. The Morgan fingerprint density at radius 1 is 1.41 bits per heavy atom. The number of benzene rings is 1. The van der Waals surface area contributed by atoms with Gasteiger partial charge in [0.15, 0.2) is 0 Å². The van der Waals surface area contributed by atoms with Gasteiger partial charge < -0.3 is 0 Å². The fourth-order valence-electron chi connectivity index (χ4n) is 1.14. The number of sulfonamides is 1. The maximum Gasteiger partial charge on any atom is 0.240 e. The maximum atomic E-state index is 12.9. The molecule has 1 rings (SSSR count). The summed E-state index contributed by atoms with van der Waals surface area (Å²) >= 11 is 3.38. The molecule has 1 N–H and O–H groups in total. The molecule has 0 bridgehead atoms. The van der Waals surface area contributed by atoms with Gasteiger partial charge in [0.1, 0.15) is 5.82 Å². The molecule has 0 aliphatic heterocycles. The van der Waals surface area contributed by atoms with Gasteiger partial charge in [0.05, 0.1) is 4.90 Å². The molecule has 1 aromatic rings. The van der Waals surface area contributed by atoms with Crippen molar-refractivity contribution in [2.45, 2.75) is 23.6 Å². The molecule has 0 aromatic heterocycles. The van der Waals surface area contributed by atoms with Crippen LogP contribution < -0.4 is 4.72 Å². The number of hydrogen-bond acceptors (Lipinski definition) is 2. The number of alkyl halides is 1. The lowest BCUT2D eigenvalue weighted by Crippen LogP contribution is -2.31. The first-order valence-electron chi connectivity index (χ1n) is 5.22. The third kappa shape index (κ3) is 4.37. The van der Waals surface area contributed by atoms with Crippen molar-refractivity contribution in [1.82, 2.24) is 4.72 Å². The third-order valence-corrected chi connectivity index (χ3v) is 5.10. The molecule has 0 saturated heterocycles. The second-order valence-electron chi connectivity index (χ2n) is 4.07. The predicted octanol–water partition coefficient (Wildman–Crippen LogP) is 2.52. The van der Waals surface area contributed by atoms with Crippen molar-refractivity contribution in [3.63, 3.8) is 0 Å². The van der Waals surface area contributed by atoms with Crippen molar-refractivity contribution in [2.24, 2.45) is 5.92 Å². The van der Waals surface area contributed by atoms with Crippen molar-refractivity contribution < 1.29 is 12.8 Å². The zero-order valence-electron chi connectivity index (χ0n) is 9.65. The molecule has 6 heteroatoms. The largest absolute Gasteiger partial charge is 0.240 e. The Labute approximate surface area is 110 Å². The molecule has 0 spiro atoms. The van der Waals surface area contributed by atoms with Crippen molar-refractivity contribution in [3.8, 4) is 0 Å². The Balaban J connectivity index is 2.76. The number of hydrogen-bond donors (Lipinski definition) is 1. The second kappa shape index (κ2) is 5.93.